The fourth-order valence-electron chi connectivity index (χ4n) is 3.67. The summed E-state index contributed by atoms with van der Waals surface area (Å²) in [5.41, 5.74) is 2.11. The van der Waals surface area contributed by atoms with Crippen molar-refractivity contribution in [3.8, 4) is 0 Å². The summed E-state index contributed by atoms with van der Waals surface area (Å²) in [6.07, 6.45) is 4.90. The molecule has 0 aliphatic heterocycles. The largest absolute Gasteiger partial charge is 0.383 e. The molecule has 1 aromatic heterocycles. The Bertz CT molecular complexity index is 1020. The van der Waals surface area contributed by atoms with Crippen molar-refractivity contribution in [1.82, 2.24) is 4.90 Å². The second kappa shape index (κ2) is 10.4. The number of hydrogen-bond acceptors (Lipinski definition) is 4. The van der Waals surface area contributed by atoms with E-state index in [4.69, 9.17) is 11.6 Å². The summed E-state index contributed by atoms with van der Waals surface area (Å²) in [5.74, 6) is 0. The smallest absolute Gasteiger partial charge is 0.198 e. The van der Waals surface area contributed by atoms with Crippen molar-refractivity contribution in [2.45, 2.75) is 46.5 Å². The summed E-state index contributed by atoms with van der Waals surface area (Å²) in [6, 6.07) is 9.72. The molecule has 0 atom stereocenters. The van der Waals surface area contributed by atoms with Gasteiger partial charge in [0.2, 0.25) is 0 Å². The fourth-order valence-corrected chi connectivity index (χ4v) is 5.13. The first-order chi connectivity index (χ1) is 14.1. The number of nitrogens with zero attached hydrogens (tertiary/aromatic N) is 1. The third-order valence-corrected chi connectivity index (χ3v) is 7.20. The van der Waals surface area contributed by atoms with Crippen LogP contribution in [0.2, 0.25) is 5.02 Å². The van der Waals surface area contributed by atoms with Crippen molar-refractivity contribution in [3.63, 3.8) is 0 Å². The van der Waals surface area contributed by atoms with Crippen LogP contribution in [0.3, 0.4) is 0 Å². The summed E-state index contributed by atoms with van der Waals surface area (Å²) >= 11 is 7.99. The molecule has 0 radical (unpaired) electrons. The molecule has 156 valence electrons. The highest BCUT2D eigenvalue weighted by molar-refractivity contribution is 7.25. The number of aryl methyl sites for hydroxylation is 1. The van der Waals surface area contributed by atoms with Crippen LogP contribution in [0.4, 0.5) is 5.69 Å². The van der Waals surface area contributed by atoms with Gasteiger partial charge in [0.1, 0.15) is 0 Å². The molecule has 2 aromatic carbocycles. The van der Waals surface area contributed by atoms with E-state index >= 15 is 0 Å². The van der Waals surface area contributed by atoms with Gasteiger partial charge in [0, 0.05) is 28.9 Å². The third-order valence-electron chi connectivity index (χ3n) is 5.40. The Labute approximate surface area is 182 Å². The molecule has 3 rings (SSSR count). The highest BCUT2D eigenvalue weighted by atomic mass is 35.5. The molecule has 0 spiro atoms. The first kappa shape index (κ1) is 22.1. The second-order valence-electron chi connectivity index (χ2n) is 7.66. The van der Waals surface area contributed by atoms with Crippen LogP contribution in [-0.2, 0) is 0 Å². The van der Waals surface area contributed by atoms with E-state index in [1.807, 2.05) is 24.3 Å². The van der Waals surface area contributed by atoms with Gasteiger partial charge >= 0.3 is 0 Å². The van der Waals surface area contributed by atoms with Gasteiger partial charge in [0.25, 0.3) is 0 Å². The van der Waals surface area contributed by atoms with Crippen molar-refractivity contribution in [2.75, 3.05) is 31.5 Å². The van der Waals surface area contributed by atoms with E-state index in [0.29, 0.717) is 10.4 Å². The number of hydrogen-bond donors (Lipinski definition) is 1. The molecule has 0 unspecified atom stereocenters. The van der Waals surface area contributed by atoms with E-state index in [9.17, 15) is 4.79 Å². The first-order valence-corrected chi connectivity index (χ1v) is 11.9. The molecule has 0 bridgehead atoms. The number of halogens is 1. The van der Waals surface area contributed by atoms with Gasteiger partial charge in [0.15, 0.2) is 5.43 Å². The fraction of sp³-hybridized carbons (Fsp3) is 0.458. The van der Waals surface area contributed by atoms with Gasteiger partial charge in [-0.2, -0.15) is 0 Å². The maximum absolute atomic E-state index is 13.3. The molecule has 3 aromatic rings. The van der Waals surface area contributed by atoms with Crippen LogP contribution < -0.4 is 10.7 Å². The lowest BCUT2D eigenvalue weighted by molar-refractivity contribution is 0.275. The molecular weight excluding hydrogens is 400 g/mol. The molecule has 0 amide bonds. The predicted molar refractivity (Wildman–Crippen MR) is 130 cm³/mol. The summed E-state index contributed by atoms with van der Waals surface area (Å²) in [7, 11) is 0. The van der Waals surface area contributed by atoms with Gasteiger partial charge in [-0.15, -0.1) is 11.3 Å². The van der Waals surface area contributed by atoms with E-state index in [2.05, 4.69) is 37.1 Å². The maximum atomic E-state index is 13.3. The Balaban J connectivity index is 1.88. The minimum absolute atomic E-state index is 0.0660. The zero-order chi connectivity index (χ0) is 20.8. The highest BCUT2D eigenvalue weighted by Gasteiger charge is 2.14. The van der Waals surface area contributed by atoms with Crippen LogP contribution in [0, 0.1) is 6.92 Å². The van der Waals surface area contributed by atoms with E-state index < -0.39 is 0 Å². The molecule has 1 heterocycles. The van der Waals surface area contributed by atoms with Crippen molar-refractivity contribution in [1.29, 1.82) is 0 Å². The molecular formula is C24H31ClN2OS. The predicted octanol–water partition coefficient (Wildman–Crippen LogP) is 6.69. The maximum Gasteiger partial charge on any atom is 0.198 e. The minimum atomic E-state index is 0.0660. The van der Waals surface area contributed by atoms with Crippen molar-refractivity contribution in [3.05, 3.63) is 51.1 Å². The number of benzene rings is 2. The molecule has 5 heteroatoms. The monoisotopic (exact) mass is 430 g/mol. The van der Waals surface area contributed by atoms with Gasteiger partial charge in [-0.3, -0.25) is 4.79 Å². The van der Waals surface area contributed by atoms with Crippen LogP contribution in [0.5, 0.6) is 0 Å². The van der Waals surface area contributed by atoms with E-state index in [0.717, 1.165) is 52.2 Å². The standard InChI is InChI=1S/C24H31ClN2OS/c1-4-6-14-27(15-7-5-2)16-13-26-20-12-11-17(3)23-21(20)22(28)18-9-8-10-19(25)24(18)29-23/h8-12,26H,4-7,13-16H2,1-3H3. The lowest BCUT2D eigenvalue weighted by atomic mass is 10.1. The van der Waals surface area contributed by atoms with Crippen LogP contribution in [0.15, 0.2) is 35.1 Å². The van der Waals surface area contributed by atoms with Crippen molar-refractivity contribution >= 4 is 48.8 Å². The SMILES string of the molecule is CCCCN(CCCC)CCNc1ccc(C)c2sc3c(Cl)cccc3c(=O)c12. The molecule has 0 aliphatic carbocycles. The molecule has 0 aliphatic rings. The molecule has 29 heavy (non-hydrogen) atoms. The second-order valence-corrected chi connectivity index (χ2v) is 9.09. The average molecular weight is 431 g/mol. The normalized spacial score (nSPS) is 11.6. The summed E-state index contributed by atoms with van der Waals surface area (Å²) in [6.45, 7) is 10.7. The summed E-state index contributed by atoms with van der Waals surface area (Å²) < 4.78 is 1.90. The van der Waals surface area contributed by atoms with Gasteiger partial charge in [0.05, 0.1) is 15.1 Å². The van der Waals surface area contributed by atoms with Crippen molar-refractivity contribution < 1.29 is 0 Å². The lowest BCUT2D eigenvalue weighted by Crippen LogP contribution is -2.31. The topological polar surface area (TPSA) is 32.3 Å². The Kier molecular flexibility index (Phi) is 7.93. The zero-order valence-electron chi connectivity index (χ0n) is 17.7. The van der Waals surface area contributed by atoms with E-state index in [1.54, 1.807) is 11.3 Å². The van der Waals surface area contributed by atoms with E-state index in [-0.39, 0.29) is 5.43 Å². The molecule has 1 N–H and O–H groups in total. The number of anilines is 1. The lowest BCUT2D eigenvalue weighted by Gasteiger charge is -2.22. The van der Waals surface area contributed by atoms with Gasteiger partial charge < -0.3 is 10.2 Å². The number of unbranched alkanes of at least 4 members (excludes halogenated alkanes) is 2. The molecule has 0 saturated carbocycles. The average Bonchev–Trinajstić information content (AvgIpc) is 2.72. The number of rotatable bonds is 10. The van der Waals surface area contributed by atoms with Gasteiger partial charge in [-0.1, -0.05) is 50.4 Å². The van der Waals surface area contributed by atoms with Crippen LogP contribution in [-0.4, -0.2) is 31.1 Å². The minimum Gasteiger partial charge on any atom is -0.383 e. The summed E-state index contributed by atoms with van der Waals surface area (Å²) in [5, 5.41) is 5.69. The zero-order valence-corrected chi connectivity index (χ0v) is 19.3. The van der Waals surface area contributed by atoms with Crippen molar-refractivity contribution in [2.24, 2.45) is 0 Å². The Morgan fingerprint density at radius 3 is 2.41 bits per heavy atom. The van der Waals surface area contributed by atoms with Crippen LogP contribution >= 0.6 is 22.9 Å². The summed E-state index contributed by atoms with van der Waals surface area (Å²) in [4.78, 5) is 15.8. The van der Waals surface area contributed by atoms with Gasteiger partial charge in [-0.05, 0) is 56.6 Å². The molecule has 0 fully saturated rings. The Hall–Kier alpha value is -1.62. The highest BCUT2D eigenvalue weighted by Crippen LogP contribution is 2.34. The Morgan fingerprint density at radius 1 is 1.00 bits per heavy atom. The third kappa shape index (κ3) is 5.11. The number of nitrogens with one attached hydrogen (secondary N) is 1. The Morgan fingerprint density at radius 2 is 1.72 bits per heavy atom. The van der Waals surface area contributed by atoms with E-state index in [1.165, 1.54) is 25.7 Å². The van der Waals surface area contributed by atoms with Crippen LogP contribution in [0.1, 0.15) is 45.1 Å². The molecule has 0 saturated heterocycles. The quantitative estimate of drug-likeness (QED) is 0.363. The van der Waals surface area contributed by atoms with Crippen LogP contribution in [0.25, 0.3) is 20.2 Å². The van der Waals surface area contributed by atoms with Gasteiger partial charge in [-0.25, -0.2) is 0 Å². The molecule has 3 nitrogen and oxygen atoms in total. The number of fused-ring (bicyclic) bond motifs is 2. The first-order valence-electron chi connectivity index (χ1n) is 10.7.